The molecule has 1 N–H and O–H groups in total. The number of amides is 2. The maximum Gasteiger partial charge on any atom is 0.227 e. The molecule has 0 saturated carbocycles. The van der Waals surface area contributed by atoms with Crippen molar-refractivity contribution in [2.24, 2.45) is 5.92 Å². The molecule has 130 valence electrons. The van der Waals surface area contributed by atoms with Gasteiger partial charge in [-0.15, -0.1) is 0 Å². The highest BCUT2D eigenvalue weighted by Gasteiger charge is 2.35. The van der Waals surface area contributed by atoms with Gasteiger partial charge in [0.1, 0.15) is 5.82 Å². The van der Waals surface area contributed by atoms with Crippen LogP contribution in [-0.4, -0.2) is 18.4 Å². The number of carbonyl (C=O) groups is 2. The Morgan fingerprint density at radius 2 is 1.92 bits per heavy atom. The van der Waals surface area contributed by atoms with Crippen LogP contribution in [0.25, 0.3) is 0 Å². The fourth-order valence-electron chi connectivity index (χ4n) is 2.74. The molecule has 25 heavy (non-hydrogen) atoms. The van der Waals surface area contributed by atoms with Crippen LogP contribution in [0.2, 0.25) is 10.0 Å². The Morgan fingerprint density at radius 1 is 1.20 bits per heavy atom. The quantitative estimate of drug-likeness (QED) is 0.876. The smallest absolute Gasteiger partial charge is 0.227 e. The van der Waals surface area contributed by atoms with Crippen molar-refractivity contribution >= 4 is 40.7 Å². The van der Waals surface area contributed by atoms with Gasteiger partial charge in [0.05, 0.1) is 16.6 Å². The zero-order chi connectivity index (χ0) is 18.0. The van der Waals surface area contributed by atoms with Gasteiger partial charge in [-0.2, -0.15) is 0 Å². The first-order chi connectivity index (χ1) is 11.9. The Hall–Kier alpha value is -2.11. The maximum atomic E-state index is 12.9. The molecule has 0 radical (unpaired) electrons. The molecule has 0 aromatic heterocycles. The number of nitrogens with zero attached hydrogens (tertiary/aromatic N) is 1. The predicted octanol–water partition coefficient (Wildman–Crippen LogP) is 3.80. The molecule has 1 atom stereocenters. The zero-order valence-electron chi connectivity index (χ0n) is 13.1. The fourth-order valence-corrected chi connectivity index (χ4v) is 3.13. The third-order valence-electron chi connectivity index (χ3n) is 4.07. The van der Waals surface area contributed by atoms with Crippen molar-refractivity contribution in [3.63, 3.8) is 0 Å². The average molecular weight is 381 g/mol. The van der Waals surface area contributed by atoms with Crippen molar-refractivity contribution < 1.29 is 14.0 Å². The Bertz CT molecular complexity index is 811. The van der Waals surface area contributed by atoms with Gasteiger partial charge in [-0.25, -0.2) is 4.39 Å². The molecule has 1 aliphatic rings. The maximum absolute atomic E-state index is 12.9. The third kappa shape index (κ3) is 4.11. The van der Waals surface area contributed by atoms with E-state index in [1.165, 1.54) is 17.0 Å². The second kappa shape index (κ2) is 7.42. The zero-order valence-corrected chi connectivity index (χ0v) is 14.6. The van der Waals surface area contributed by atoms with E-state index < -0.39 is 5.92 Å². The van der Waals surface area contributed by atoms with E-state index in [2.05, 4.69) is 5.32 Å². The molecule has 2 amide bonds. The van der Waals surface area contributed by atoms with Crippen LogP contribution in [0.4, 0.5) is 10.1 Å². The van der Waals surface area contributed by atoms with Crippen LogP contribution in [0.3, 0.4) is 0 Å². The Kier molecular flexibility index (Phi) is 5.25. The molecule has 1 aliphatic heterocycles. The van der Waals surface area contributed by atoms with Crippen LogP contribution < -0.4 is 10.2 Å². The Labute approximate surface area is 154 Å². The number of hydrogen-bond acceptors (Lipinski definition) is 2. The molecule has 0 spiro atoms. The van der Waals surface area contributed by atoms with Crippen LogP contribution >= 0.6 is 23.2 Å². The van der Waals surface area contributed by atoms with Crippen molar-refractivity contribution in [1.82, 2.24) is 5.32 Å². The number of benzene rings is 2. The summed E-state index contributed by atoms with van der Waals surface area (Å²) in [5.41, 5.74) is 1.29. The van der Waals surface area contributed by atoms with Gasteiger partial charge in [0, 0.05) is 24.5 Å². The number of halogens is 3. The summed E-state index contributed by atoms with van der Waals surface area (Å²) in [6.07, 6.45) is 0.109. The van der Waals surface area contributed by atoms with Crippen LogP contribution in [0.1, 0.15) is 12.0 Å². The molecule has 3 rings (SSSR count). The van der Waals surface area contributed by atoms with Crippen LogP contribution in [0.5, 0.6) is 0 Å². The molecule has 2 aromatic rings. The SMILES string of the molecule is O=C(NCc1ccc(F)cc1)C1CC(=O)N(c2cc(Cl)ccc2Cl)C1. The highest BCUT2D eigenvalue weighted by Crippen LogP contribution is 2.33. The second-order valence-corrected chi connectivity index (χ2v) is 6.69. The first-order valence-electron chi connectivity index (χ1n) is 7.71. The van der Waals surface area contributed by atoms with E-state index >= 15 is 0 Å². The minimum atomic E-state index is -0.469. The van der Waals surface area contributed by atoms with E-state index in [4.69, 9.17) is 23.2 Å². The predicted molar refractivity (Wildman–Crippen MR) is 95.2 cm³/mol. The minimum Gasteiger partial charge on any atom is -0.352 e. The summed E-state index contributed by atoms with van der Waals surface area (Å²) in [5.74, 6) is -1.20. The van der Waals surface area contributed by atoms with Crippen molar-refractivity contribution in [3.8, 4) is 0 Å². The van der Waals surface area contributed by atoms with E-state index in [0.29, 0.717) is 15.7 Å². The lowest BCUT2D eigenvalue weighted by molar-refractivity contribution is -0.126. The first-order valence-corrected chi connectivity index (χ1v) is 8.47. The van der Waals surface area contributed by atoms with Gasteiger partial charge in [-0.05, 0) is 35.9 Å². The van der Waals surface area contributed by atoms with Crippen molar-refractivity contribution in [1.29, 1.82) is 0 Å². The molecule has 1 unspecified atom stereocenters. The van der Waals surface area contributed by atoms with E-state index in [1.807, 2.05) is 0 Å². The molecular formula is C18H15Cl2FN2O2. The second-order valence-electron chi connectivity index (χ2n) is 5.85. The van der Waals surface area contributed by atoms with Gasteiger partial charge in [0.25, 0.3) is 0 Å². The van der Waals surface area contributed by atoms with Gasteiger partial charge in [0.2, 0.25) is 11.8 Å². The lowest BCUT2D eigenvalue weighted by Gasteiger charge is -2.18. The third-order valence-corrected chi connectivity index (χ3v) is 4.63. The summed E-state index contributed by atoms with van der Waals surface area (Å²) in [6.45, 7) is 0.524. The lowest BCUT2D eigenvalue weighted by Crippen LogP contribution is -2.32. The highest BCUT2D eigenvalue weighted by atomic mass is 35.5. The molecule has 7 heteroatoms. The van der Waals surface area contributed by atoms with Gasteiger partial charge < -0.3 is 10.2 Å². The Morgan fingerprint density at radius 3 is 2.64 bits per heavy atom. The first kappa shape index (κ1) is 17.7. The van der Waals surface area contributed by atoms with Gasteiger partial charge in [0.15, 0.2) is 0 Å². The van der Waals surface area contributed by atoms with Crippen LogP contribution in [0.15, 0.2) is 42.5 Å². The number of rotatable bonds is 4. The minimum absolute atomic E-state index is 0.109. The normalized spacial score (nSPS) is 17.0. The number of hydrogen-bond donors (Lipinski definition) is 1. The van der Waals surface area contributed by atoms with Crippen LogP contribution in [0, 0.1) is 11.7 Å². The van der Waals surface area contributed by atoms with E-state index in [9.17, 15) is 14.0 Å². The monoisotopic (exact) mass is 380 g/mol. The molecule has 0 bridgehead atoms. The van der Waals surface area contributed by atoms with E-state index in [1.54, 1.807) is 30.3 Å². The summed E-state index contributed by atoms with van der Waals surface area (Å²) in [6, 6.07) is 10.8. The fraction of sp³-hybridized carbons (Fsp3) is 0.222. The number of anilines is 1. The Balaban J connectivity index is 1.64. The summed E-state index contributed by atoms with van der Waals surface area (Å²) in [4.78, 5) is 26.1. The van der Waals surface area contributed by atoms with Gasteiger partial charge >= 0.3 is 0 Å². The highest BCUT2D eigenvalue weighted by molar-refractivity contribution is 6.35. The summed E-state index contributed by atoms with van der Waals surface area (Å²) in [5, 5.41) is 3.66. The topological polar surface area (TPSA) is 49.4 Å². The molecule has 2 aromatic carbocycles. The average Bonchev–Trinajstić information content (AvgIpc) is 2.98. The van der Waals surface area contributed by atoms with Crippen molar-refractivity contribution in [2.75, 3.05) is 11.4 Å². The van der Waals surface area contributed by atoms with Crippen molar-refractivity contribution in [2.45, 2.75) is 13.0 Å². The summed E-state index contributed by atoms with van der Waals surface area (Å²) >= 11 is 12.1. The summed E-state index contributed by atoms with van der Waals surface area (Å²) < 4.78 is 12.9. The van der Waals surface area contributed by atoms with E-state index in [-0.39, 0.29) is 37.1 Å². The molecule has 0 aliphatic carbocycles. The summed E-state index contributed by atoms with van der Waals surface area (Å²) in [7, 11) is 0. The molecule has 4 nitrogen and oxygen atoms in total. The van der Waals surface area contributed by atoms with Crippen molar-refractivity contribution in [3.05, 3.63) is 63.9 Å². The molecule has 1 saturated heterocycles. The largest absolute Gasteiger partial charge is 0.352 e. The lowest BCUT2D eigenvalue weighted by atomic mass is 10.1. The number of nitrogens with one attached hydrogen (secondary N) is 1. The molecule has 1 fully saturated rings. The van der Waals surface area contributed by atoms with Crippen LogP contribution in [-0.2, 0) is 16.1 Å². The van der Waals surface area contributed by atoms with Gasteiger partial charge in [-0.1, -0.05) is 35.3 Å². The van der Waals surface area contributed by atoms with Gasteiger partial charge in [-0.3, -0.25) is 9.59 Å². The molecule has 1 heterocycles. The molecular weight excluding hydrogens is 366 g/mol. The van der Waals surface area contributed by atoms with E-state index in [0.717, 1.165) is 5.56 Å². The standard InChI is InChI=1S/C18H15Cl2FN2O2/c19-13-3-6-15(20)16(8-13)23-10-12(7-17(23)24)18(25)22-9-11-1-4-14(21)5-2-11/h1-6,8,12H,7,9-10H2,(H,22,25). The number of carbonyl (C=O) groups excluding carboxylic acids is 2.